The Morgan fingerprint density at radius 1 is 0.981 bits per heavy atom. The summed E-state index contributed by atoms with van der Waals surface area (Å²) in [6.07, 6.45) is 11.8. The molecule has 2 N–H and O–H groups in total. The van der Waals surface area contributed by atoms with E-state index in [9.17, 15) is 15.0 Å². The molecule has 1 aliphatic heterocycles. The van der Waals surface area contributed by atoms with Gasteiger partial charge in [0.1, 0.15) is 31.3 Å². The molecule has 3 aromatic rings. The summed E-state index contributed by atoms with van der Waals surface area (Å²) < 4.78 is 20.5. The van der Waals surface area contributed by atoms with Crippen molar-refractivity contribution in [1.82, 2.24) is 4.90 Å². The lowest BCUT2D eigenvalue weighted by molar-refractivity contribution is -0.254. The van der Waals surface area contributed by atoms with Gasteiger partial charge in [0.25, 0.3) is 5.91 Å². The fourth-order valence-corrected chi connectivity index (χ4v) is 9.13. The molecule has 1 amide bonds. The van der Waals surface area contributed by atoms with Crippen molar-refractivity contribution in [3.63, 3.8) is 0 Å². The zero-order valence-corrected chi connectivity index (χ0v) is 31.8. The van der Waals surface area contributed by atoms with Gasteiger partial charge in [0.15, 0.2) is 0 Å². The summed E-state index contributed by atoms with van der Waals surface area (Å²) in [5.74, 6) is -0.201. The average Bonchev–Trinajstić information content (AvgIpc) is 3.19. The molecular weight excluding hydrogens is 681 g/mol. The average molecular weight is 737 g/mol. The third-order valence-corrected chi connectivity index (χ3v) is 11.3. The van der Waals surface area contributed by atoms with Crippen LogP contribution in [0.25, 0.3) is 10.8 Å². The largest absolute Gasteiger partial charge is 0.490 e. The highest BCUT2D eigenvalue weighted by Crippen LogP contribution is 2.62. The van der Waals surface area contributed by atoms with Crippen LogP contribution in [0.2, 0.25) is 0 Å². The van der Waals surface area contributed by atoms with Crippen LogP contribution >= 0.6 is 0 Å². The number of ether oxygens (including phenoxy) is 3. The minimum Gasteiger partial charge on any atom is -0.490 e. The normalized spacial score (nSPS) is 24.9. The Balaban J connectivity index is 1.58. The fraction of sp³-hybridized carbons (Fsp3) is 0.467. The minimum atomic E-state index is -1.30. The van der Waals surface area contributed by atoms with E-state index in [0.29, 0.717) is 43.7 Å². The second kappa shape index (κ2) is 18.3. The smallest absolute Gasteiger partial charge is 0.254 e. The van der Waals surface area contributed by atoms with Crippen LogP contribution < -0.4 is 9.47 Å². The lowest BCUT2D eigenvalue weighted by atomic mass is 9.55. The lowest BCUT2D eigenvalue weighted by Crippen LogP contribution is -2.70. The molecule has 1 heterocycles. The number of allylic oxidation sites excluding steroid dienone is 1. The third-order valence-electron chi connectivity index (χ3n) is 11.3. The van der Waals surface area contributed by atoms with Crippen LogP contribution in [-0.4, -0.2) is 78.6 Å². The first-order valence-corrected chi connectivity index (χ1v) is 19.6. The molecule has 0 spiro atoms. The van der Waals surface area contributed by atoms with Crippen LogP contribution in [0.15, 0.2) is 103 Å². The number of carbonyl (C=O) groups excluding carboxylic acids is 1. The number of hydrogen-bond donors (Lipinski definition) is 2. The first-order valence-electron chi connectivity index (χ1n) is 19.6. The number of benzene rings is 3. The Morgan fingerprint density at radius 3 is 2.46 bits per heavy atom. The minimum absolute atomic E-state index is 0.102. The zero-order chi connectivity index (χ0) is 38.1. The number of carbonyl (C=O) groups is 1. The molecule has 9 heteroatoms. The molecule has 288 valence electrons. The third kappa shape index (κ3) is 7.86. The SMILES string of the molecule is C=CCOc1ccc2c(c1)C1C(CCCCO)C(CCCCO)C=C3C(=NOC)CC(N(CCC)C(=O)c4ccc5ccccc5c4)C(OCC=C)(O2)C31. The maximum absolute atomic E-state index is 14.9. The van der Waals surface area contributed by atoms with Gasteiger partial charge in [-0.2, -0.15) is 0 Å². The van der Waals surface area contributed by atoms with Gasteiger partial charge in [-0.1, -0.05) is 80.1 Å². The Morgan fingerprint density at radius 2 is 1.74 bits per heavy atom. The Hall–Kier alpha value is -4.44. The summed E-state index contributed by atoms with van der Waals surface area (Å²) in [5, 5.41) is 26.4. The number of unbranched alkanes of at least 4 members (excludes halogenated alkanes) is 2. The Kier molecular flexibility index (Phi) is 13.3. The van der Waals surface area contributed by atoms with E-state index in [1.165, 1.54) is 0 Å². The number of nitrogens with zero attached hydrogens (tertiary/aromatic N) is 2. The van der Waals surface area contributed by atoms with Crippen LogP contribution in [0.3, 0.4) is 0 Å². The standard InChI is InChI=1S/C45H56N2O7/c1-5-22-47(44(50)34-19-18-31-14-8-9-15-32(31)27-34)41-30-39(46-51-4)37-28-33(16-10-12-23-48)36(17-11-13-24-49)42-38-29-35(52-25-6-2)20-21-40(38)54-45(41,43(37)42)53-26-7-3/h6-9,14-15,18-21,27-29,33,36,41-43,48-49H,2-3,5,10-13,16-17,22-26,30H2,1,4H3. The van der Waals surface area contributed by atoms with Crippen molar-refractivity contribution in [3.05, 3.63) is 109 Å². The first-order chi connectivity index (χ1) is 26.4. The van der Waals surface area contributed by atoms with E-state index in [-0.39, 0.29) is 49.4 Å². The van der Waals surface area contributed by atoms with Gasteiger partial charge in [-0.3, -0.25) is 4.79 Å². The van der Waals surface area contributed by atoms with Crippen molar-refractivity contribution in [3.8, 4) is 11.5 Å². The van der Waals surface area contributed by atoms with Gasteiger partial charge in [0.05, 0.1) is 18.2 Å². The molecule has 3 aliphatic rings. The number of aliphatic hydroxyl groups excluding tert-OH is 2. The molecule has 9 nitrogen and oxygen atoms in total. The molecule has 0 radical (unpaired) electrons. The van der Waals surface area contributed by atoms with Crippen molar-refractivity contribution in [1.29, 1.82) is 0 Å². The van der Waals surface area contributed by atoms with Crippen molar-refractivity contribution < 1.29 is 34.1 Å². The summed E-state index contributed by atoms with van der Waals surface area (Å²) >= 11 is 0. The molecule has 1 saturated carbocycles. The monoisotopic (exact) mass is 736 g/mol. The highest BCUT2D eigenvalue weighted by Gasteiger charge is 2.65. The summed E-state index contributed by atoms with van der Waals surface area (Å²) in [4.78, 5) is 22.5. The Bertz CT molecular complexity index is 1840. The van der Waals surface area contributed by atoms with Crippen molar-refractivity contribution >= 4 is 22.4 Å². The maximum atomic E-state index is 14.9. The van der Waals surface area contributed by atoms with Gasteiger partial charge < -0.3 is 34.2 Å². The second-order valence-electron chi connectivity index (χ2n) is 14.6. The van der Waals surface area contributed by atoms with E-state index in [1.807, 2.05) is 59.5 Å². The Labute approximate surface area is 319 Å². The van der Waals surface area contributed by atoms with Crippen molar-refractivity contribution in [2.24, 2.45) is 22.9 Å². The van der Waals surface area contributed by atoms with Gasteiger partial charge in [0.2, 0.25) is 5.79 Å². The molecule has 54 heavy (non-hydrogen) atoms. The van der Waals surface area contributed by atoms with E-state index < -0.39 is 11.8 Å². The van der Waals surface area contributed by atoms with Gasteiger partial charge in [-0.05, 0) is 90.6 Å². The number of aliphatic hydroxyl groups is 2. The first kappa shape index (κ1) is 39.3. The fourth-order valence-electron chi connectivity index (χ4n) is 9.13. The number of oxime groups is 1. The van der Waals surface area contributed by atoms with Crippen LogP contribution in [0.5, 0.6) is 11.5 Å². The summed E-state index contributed by atoms with van der Waals surface area (Å²) in [5.41, 5.74) is 3.40. The number of rotatable bonds is 19. The van der Waals surface area contributed by atoms with E-state index in [1.54, 1.807) is 19.3 Å². The zero-order valence-electron chi connectivity index (χ0n) is 31.8. The predicted octanol–water partition coefficient (Wildman–Crippen LogP) is 8.22. The van der Waals surface area contributed by atoms with Gasteiger partial charge in [0, 0.05) is 43.2 Å². The van der Waals surface area contributed by atoms with E-state index in [4.69, 9.17) is 19.0 Å². The summed E-state index contributed by atoms with van der Waals surface area (Å²) in [7, 11) is 1.56. The molecule has 0 aromatic heterocycles. The number of amides is 1. The van der Waals surface area contributed by atoms with Gasteiger partial charge >= 0.3 is 0 Å². The van der Waals surface area contributed by atoms with Crippen molar-refractivity contribution in [2.75, 3.05) is 40.1 Å². The van der Waals surface area contributed by atoms with E-state index in [2.05, 4.69) is 37.4 Å². The van der Waals surface area contributed by atoms with Crippen molar-refractivity contribution in [2.45, 2.75) is 76.0 Å². The maximum Gasteiger partial charge on any atom is 0.254 e. The predicted molar refractivity (Wildman–Crippen MR) is 213 cm³/mol. The second-order valence-corrected chi connectivity index (χ2v) is 14.6. The summed E-state index contributed by atoms with van der Waals surface area (Å²) in [6, 6.07) is 19.3. The van der Waals surface area contributed by atoms with Gasteiger partial charge in [-0.25, -0.2) is 0 Å². The summed E-state index contributed by atoms with van der Waals surface area (Å²) in [6.45, 7) is 11.3. The molecule has 1 fully saturated rings. The molecule has 0 saturated heterocycles. The molecule has 6 rings (SSSR count). The number of fused-ring (bicyclic) bond motifs is 3. The van der Waals surface area contributed by atoms with Crippen LogP contribution in [-0.2, 0) is 9.57 Å². The van der Waals surface area contributed by atoms with E-state index >= 15 is 0 Å². The quantitative estimate of drug-likeness (QED) is 0.0725. The molecule has 0 bridgehead atoms. The highest BCUT2D eigenvalue weighted by molar-refractivity contribution is 6.04. The molecule has 3 aromatic carbocycles. The topological polar surface area (TPSA) is 110 Å². The number of hydrogen-bond acceptors (Lipinski definition) is 8. The molecule has 2 aliphatic carbocycles. The van der Waals surface area contributed by atoms with Crippen LogP contribution in [0.1, 0.15) is 80.1 Å². The van der Waals surface area contributed by atoms with Crippen LogP contribution in [0.4, 0.5) is 0 Å². The lowest BCUT2D eigenvalue weighted by Gasteiger charge is -2.60. The highest BCUT2D eigenvalue weighted by atomic mass is 16.7. The molecule has 6 atom stereocenters. The molecule has 6 unspecified atom stereocenters. The van der Waals surface area contributed by atoms with Crippen LogP contribution in [0, 0.1) is 17.8 Å². The molecular formula is C45H56N2O7. The van der Waals surface area contributed by atoms with E-state index in [0.717, 1.165) is 65.5 Å². The van der Waals surface area contributed by atoms with Gasteiger partial charge in [-0.15, -0.1) is 6.58 Å².